The molecule has 0 aliphatic heterocycles. The lowest BCUT2D eigenvalue weighted by Gasteiger charge is -2.04. The van der Waals surface area contributed by atoms with E-state index in [1.165, 1.54) is 18.4 Å². The maximum absolute atomic E-state index is 12.6. The van der Waals surface area contributed by atoms with E-state index in [2.05, 4.69) is 20.9 Å². The zero-order chi connectivity index (χ0) is 20.5. The molecule has 2 aromatic carbocycles. The van der Waals surface area contributed by atoms with Gasteiger partial charge in [0.15, 0.2) is 11.3 Å². The summed E-state index contributed by atoms with van der Waals surface area (Å²) in [4.78, 5) is 29.2. The number of nitrogens with zero attached hydrogens (tertiary/aromatic N) is 1. The van der Waals surface area contributed by atoms with Gasteiger partial charge in [-0.1, -0.05) is 40.2 Å². The number of methoxy groups -OCH3 is 1. The molecule has 8 heteroatoms. The van der Waals surface area contributed by atoms with Gasteiger partial charge in [-0.2, -0.15) is 0 Å². The third kappa shape index (κ3) is 3.81. The van der Waals surface area contributed by atoms with Crippen molar-refractivity contribution in [3.63, 3.8) is 0 Å². The van der Waals surface area contributed by atoms with E-state index in [4.69, 9.17) is 9.15 Å². The third-order valence-electron chi connectivity index (χ3n) is 4.30. The van der Waals surface area contributed by atoms with Crippen molar-refractivity contribution in [2.24, 2.45) is 0 Å². The molecule has 4 aromatic rings. The van der Waals surface area contributed by atoms with Crippen LogP contribution in [-0.2, 0) is 11.2 Å². The first-order chi connectivity index (χ1) is 14.0. The second kappa shape index (κ2) is 7.81. The predicted octanol–water partition coefficient (Wildman–Crippen LogP) is 4.98. The predicted molar refractivity (Wildman–Crippen MR) is 115 cm³/mol. The molecule has 0 radical (unpaired) electrons. The van der Waals surface area contributed by atoms with Gasteiger partial charge in [-0.25, -0.2) is 9.78 Å². The van der Waals surface area contributed by atoms with Crippen molar-refractivity contribution in [2.45, 2.75) is 6.42 Å². The fraction of sp³-hybridized carbons (Fsp3) is 0.0952. The van der Waals surface area contributed by atoms with Crippen LogP contribution in [0.15, 0.2) is 62.2 Å². The first-order valence-corrected chi connectivity index (χ1v) is 10.2. The lowest BCUT2D eigenvalue weighted by Crippen LogP contribution is -2.03. The largest absolute Gasteiger partial charge is 0.493 e. The van der Waals surface area contributed by atoms with Crippen molar-refractivity contribution >= 4 is 44.2 Å². The number of fused-ring (bicyclic) bond motifs is 1. The molecule has 0 bridgehead atoms. The second-order valence-electron chi connectivity index (χ2n) is 6.19. The number of carbonyl (C=O) groups is 1. The minimum atomic E-state index is -0.964. The highest BCUT2D eigenvalue weighted by molar-refractivity contribution is 9.10. The van der Waals surface area contributed by atoms with Crippen LogP contribution in [0.3, 0.4) is 0 Å². The van der Waals surface area contributed by atoms with Crippen LogP contribution in [0.5, 0.6) is 5.75 Å². The molecule has 0 unspecified atom stereocenters. The van der Waals surface area contributed by atoms with E-state index in [9.17, 15) is 14.7 Å². The molecule has 0 saturated heterocycles. The molecule has 6 nitrogen and oxygen atoms in total. The molecule has 2 heterocycles. The lowest BCUT2D eigenvalue weighted by atomic mass is 10.1. The van der Waals surface area contributed by atoms with Crippen LogP contribution in [-0.4, -0.2) is 23.2 Å². The Labute approximate surface area is 177 Å². The van der Waals surface area contributed by atoms with Gasteiger partial charge in [0.1, 0.15) is 5.01 Å². The van der Waals surface area contributed by atoms with Crippen LogP contribution < -0.4 is 10.4 Å². The van der Waals surface area contributed by atoms with Gasteiger partial charge in [-0.15, -0.1) is 11.3 Å². The van der Waals surface area contributed by atoms with E-state index in [0.29, 0.717) is 32.3 Å². The Morgan fingerprint density at radius 2 is 2.00 bits per heavy atom. The van der Waals surface area contributed by atoms with Gasteiger partial charge in [-0.3, -0.25) is 4.79 Å². The Kier molecular flexibility index (Phi) is 5.21. The topological polar surface area (TPSA) is 89.6 Å². The van der Waals surface area contributed by atoms with Gasteiger partial charge >= 0.3 is 11.6 Å². The van der Waals surface area contributed by atoms with Crippen LogP contribution in [0.1, 0.15) is 4.88 Å². The van der Waals surface area contributed by atoms with E-state index in [0.717, 1.165) is 10.0 Å². The fourth-order valence-electron chi connectivity index (χ4n) is 2.98. The lowest BCUT2D eigenvalue weighted by molar-refractivity contribution is -0.136. The molecule has 29 heavy (non-hydrogen) atoms. The minimum absolute atomic E-state index is 0.185. The highest BCUT2D eigenvalue weighted by Crippen LogP contribution is 2.35. The number of benzene rings is 2. The van der Waals surface area contributed by atoms with Crippen LogP contribution in [0, 0.1) is 0 Å². The van der Waals surface area contributed by atoms with Crippen molar-refractivity contribution in [2.75, 3.05) is 7.11 Å². The quantitative estimate of drug-likeness (QED) is 0.412. The van der Waals surface area contributed by atoms with Gasteiger partial charge in [0.25, 0.3) is 0 Å². The first kappa shape index (κ1) is 19.4. The summed E-state index contributed by atoms with van der Waals surface area (Å²) in [5, 5.41) is 10.4. The number of hydrogen-bond donors (Lipinski definition) is 1. The average Bonchev–Trinajstić information content (AvgIpc) is 3.10. The summed E-state index contributed by atoms with van der Waals surface area (Å²) in [6, 6.07) is 14.4. The van der Waals surface area contributed by atoms with Gasteiger partial charge in [0.2, 0.25) is 0 Å². The number of halogens is 1. The molecule has 4 rings (SSSR count). The number of aliphatic carboxylic acids is 1. The number of hydrogen-bond acceptors (Lipinski definition) is 6. The first-order valence-electron chi connectivity index (χ1n) is 8.55. The van der Waals surface area contributed by atoms with E-state index in [1.807, 2.05) is 30.3 Å². The van der Waals surface area contributed by atoms with Crippen molar-refractivity contribution < 1.29 is 19.1 Å². The van der Waals surface area contributed by atoms with Gasteiger partial charge in [0.05, 0.1) is 24.8 Å². The van der Waals surface area contributed by atoms with E-state index in [-0.39, 0.29) is 12.0 Å². The smallest absolute Gasteiger partial charge is 0.346 e. The number of thiazole rings is 1. The number of ether oxygens (including phenoxy) is 1. The zero-order valence-electron chi connectivity index (χ0n) is 15.1. The monoisotopic (exact) mass is 471 g/mol. The number of para-hydroxylation sites is 1. The Hall–Kier alpha value is -2.97. The number of carboxylic acid groups (broad SMARTS) is 1. The summed E-state index contributed by atoms with van der Waals surface area (Å²) < 4.78 is 11.6. The molecular weight excluding hydrogens is 458 g/mol. The Bertz CT molecular complexity index is 1280. The molecule has 0 aliphatic carbocycles. The highest BCUT2D eigenvalue weighted by Gasteiger charge is 2.20. The molecule has 0 aliphatic rings. The molecule has 146 valence electrons. The van der Waals surface area contributed by atoms with Crippen molar-refractivity contribution in [3.8, 4) is 27.6 Å². The Morgan fingerprint density at radius 3 is 2.69 bits per heavy atom. The second-order valence-corrected chi connectivity index (χ2v) is 8.19. The number of carboxylic acids is 1. The van der Waals surface area contributed by atoms with Crippen LogP contribution in [0.25, 0.3) is 32.8 Å². The SMILES string of the molecule is COc1cccc2cc(-c3nc(-c4ccc(Br)cc4)c(CC(=O)O)s3)c(=O)oc12. The van der Waals surface area contributed by atoms with E-state index < -0.39 is 11.6 Å². The van der Waals surface area contributed by atoms with Crippen molar-refractivity contribution in [1.82, 2.24) is 4.98 Å². The zero-order valence-corrected chi connectivity index (χ0v) is 17.5. The average molecular weight is 472 g/mol. The van der Waals surface area contributed by atoms with Crippen LogP contribution >= 0.6 is 27.3 Å². The summed E-state index contributed by atoms with van der Waals surface area (Å²) in [5.74, 6) is -0.499. The molecule has 0 atom stereocenters. The highest BCUT2D eigenvalue weighted by atomic mass is 79.9. The fourth-order valence-corrected chi connectivity index (χ4v) is 4.33. The van der Waals surface area contributed by atoms with E-state index >= 15 is 0 Å². The van der Waals surface area contributed by atoms with Gasteiger partial charge < -0.3 is 14.3 Å². The summed E-state index contributed by atoms with van der Waals surface area (Å²) in [5.41, 5.74) is 1.41. The maximum Gasteiger partial charge on any atom is 0.346 e. The van der Waals surface area contributed by atoms with Crippen molar-refractivity contribution in [1.29, 1.82) is 0 Å². The Balaban J connectivity index is 1.89. The number of aromatic nitrogens is 1. The minimum Gasteiger partial charge on any atom is -0.493 e. The molecule has 2 aromatic heterocycles. The Morgan fingerprint density at radius 1 is 1.24 bits per heavy atom. The molecule has 0 spiro atoms. The normalized spacial score (nSPS) is 11.0. The van der Waals surface area contributed by atoms with Gasteiger partial charge in [-0.05, 0) is 24.3 Å². The van der Waals surface area contributed by atoms with Gasteiger partial charge in [0, 0.05) is 20.3 Å². The van der Waals surface area contributed by atoms with Crippen molar-refractivity contribution in [3.05, 3.63) is 68.3 Å². The van der Waals surface area contributed by atoms with Crippen LogP contribution in [0.2, 0.25) is 0 Å². The third-order valence-corrected chi connectivity index (χ3v) is 5.92. The van der Waals surface area contributed by atoms with E-state index in [1.54, 1.807) is 18.2 Å². The maximum atomic E-state index is 12.6. The summed E-state index contributed by atoms with van der Waals surface area (Å²) in [6.07, 6.45) is -0.185. The molecule has 0 saturated carbocycles. The standard InChI is InChI=1S/C21H14BrNO5S/c1-27-15-4-2-3-12-9-14(21(26)28-19(12)15)20-23-18(16(29-20)10-17(24)25)11-5-7-13(22)8-6-11/h2-9H,10H2,1H3,(H,24,25). The molecule has 0 fully saturated rings. The number of rotatable bonds is 5. The summed E-state index contributed by atoms with van der Waals surface area (Å²) >= 11 is 4.56. The molecule has 0 amide bonds. The molecule has 1 N–H and O–H groups in total. The summed E-state index contributed by atoms with van der Waals surface area (Å²) in [7, 11) is 1.51. The summed E-state index contributed by atoms with van der Waals surface area (Å²) in [6.45, 7) is 0. The molecular formula is C21H14BrNO5S. The van der Waals surface area contributed by atoms with Crippen LogP contribution in [0.4, 0.5) is 0 Å².